The zero-order valence-corrected chi connectivity index (χ0v) is 25.8. The topological polar surface area (TPSA) is 4.93 Å². The van der Waals surface area contributed by atoms with Crippen LogP contribution in [0.2, 0.25) is 0 Å². The Bertz CT molecular complexity index is 2210. The first-order chi connectivity index (χ1) is 21.5. The minimum absolute atomic E-state index is 0.0708. The van der Waals surface area contributed by atoms with Gasteiger partial charge in [-0.3, -0.25) is 0 Å². The number of hydrogen-bond donors (Lipinski definition) is 0. The van der Waals surface area contributed by atoms with E-state index in [2.05, 4.69) is 159 Å². The molecule has 1 heteroatoms. The van der Waals surface area contributed by atoms with Gasteiger partial charge in [-0.2, -0.15) is 0 Å². The molecule has 0 aliphatic heterocycles. The summed E-state index contributed by atoms with van der Waals surface area (Å²) in [6.45, 7) is 6.92. The fraction of sp³-hybridized carbons (Fsp3) is 0.163. The molecule has 0 spiro atoms. The van der Waals surface area contributed by atoms with Gasteiger partial charge in [-0.25, -0.2) is 0 Å². The quantitative estimate of drug-likeness (QED) is 0.187. The highest BCUT2D eigenvalue weighted by Gasteiger charge is 2.21. The number of hydrogen-bond acceptors (Lipinski definition) is 0. The van der Waals surface area contributed by atoms with Crippen LogP contribution in [0.15, 0.2) is 133 Å². The Kier molecular flexibility index (Phi) is 6.31. The van der Waals surface area contributed by atoms with Crippen LogP contribution in [0, 0.1) is 0 Å². The number of allylic oxidation sites excluding steroid dienone is 4. The lowest BCUT2D eigenvalue weighted by molar-refractivity contribution is 0.591. The third kappa shape index (κ3) is 4.30. The second-order valence-corrected chi connectivity index (χ2v) is 13.2. The summed E-state index contributed by atoms with van der Waals surface area (Å²) in [5.41, 5.74) is 10.4. The molecule has 0 saturated carbocycles. The first-order valence-electron chi connectivity index (χ1n) is 15.9. The standard InChI is InChI=1S/C43H37N/c1-43(2,3)31-24-26-40-38(28-31)37-27-30(23-25-39(37)44(40)32-17-9-4-5-10-18-32)42-35-21-13-11-19-33(35)41(29-15-7-6-8-16-29)34-20-12-14-22-36(34)42/h6-9,11-28H,4-5,10H2,1-3H3. The zero-order valence-electron chi connectivity index (χ0n) is 25.8. The minimum atomic E-state index is 0.0708. The van der Waals surface area contributed by atoms with Crippen LogP contribution in [-0.2, 0) is 5.41 Å². The Labute approximate surface area is 259 Å². The van der Waals surface area contributed by atoms with E-state index in [0.29, 0.717) is 0 Å². The van der Waals surface area contributed by atoms with Crippen molar-refractivity contribution < 1.29 is 0 Å². The van der Waals surface area contributed by atoms with Gasteiger partial charge in [-0.15, -0.1) is 0 Å². The summed E-state index contributed by atoms with van der Waals surface area (Å²) in [6.07, 6.45) is 10.5. The van der Waals surface area contributed by atoms with Crippen LogP contribution < -0.4 is 0 Å². The summed E-state index contributed by atoms with van der Waals surface area (Å²) < 4.78 is 2.48. The summed E-state index contributed by atoms with van der Waals surface area (Å²) in [6, 6.07) is 43.0. The van der Waals surface area contributed by atoms with Crippen molar-refractivity contribution in [1.29, 1.82) is 0 Å². The van der Waals surface area contributed by atoms with E-state index in [0.717, 1.165) is 12.8 Å². The molecule has 7 aromatic rings. The number of benzene rings is 6. The average molecular weight is 568 g/mol. The third-order valence-corrected chi connectivity index (χ3v) is 9.39. The smallest absolute Gasteiger partial charge is 0.0541 e. The Balaban J connectivity index is 1.47. The third-order valence-electron chi connectivity index (χ3n) is 9.39. The molecule has 1 nitrogen and oxygen atoms in total. The van der Waals surface area contributed by atoms with Crippen LogP contribution in [0.25, 0.3) is 71.3 Å². The van der Waals surface area contributed by atoms with Crippen LogP contribution in [0.5, 0.6) is 0 Å². The maximum absolute atomic E-state index is 2.48. The van der Waals surface area contributed by atoms with E-state index in [1.165, 1.54) is 83.3 Å². The van der Waals surface area contributed by atoms with E-state index in [4.69, 9.17) is 0 Å². The Morgan fingerprint density at radius 3 is 1.73 bits per heavy atom. The van der Waals surface area contributed by atoms with Crippen molar-refractivity contribution >= 4 is 49.0 Å². The van der Waals surface area contributed by atoms with Crippen LogP contribution in [0.3, 0.4) is 0 Å². The van der Waals surface area contributed by atoms with E-state index >= 15 is 0 Å². The van der Waals surface area contributed by atoms with Crippen LogP contribution in [0.1, 0.15) is 45.6 Å². The van der Waals surface area contributed by atoms with Crippen molar-refractivity contribution in [3.63, 3.8) is 0 Å². The second-order valence-electron chi connectivity index (χ2n) is 13.2. The van der Waals surface area contributed by atoms with Crippen molar-refractivity contribution in [3.8, 4) is 22.3 Å². The van der Waals surface area contributed by atoms with Gasteiger partial charge in [0.05, 0.1) is 11.0 Å². The minimum Gasteiger partial charge on any atom is -0.310 e. The maximum Gasteiger partial charge on any atom is 0.0541 e. The molecule has 214 valence electrons. The average Bonchev–Trinajstić information content (AvgIpc) is 3.16. The first-order valence-corrected chi connectivity index (χ1v) is 15.9. The van der Waals surface area contributed by atoms with Crippen LogP contribution >= 0.6 is 0 Å². The molecule has 0 atom stereocenters. The molecule has 0 unspecified atom stereocenters. The molecule has 0 amide bonds. The van der Waals surface area contributed by atoms with Crippen molar-refractivity contribution in [2.24, 2.45) is 0 Å². The molecule has 0 N–H and O–H groups in total. The van der Waals surface area contributed by atoms with E-state index in [1.54, 1.807) is 0 Å². The van der Waals surface area contributed by atoms with Gasteiger partial charge in [0.15, 0.2) is 0 Å². The largest absolute Gasteiger partial charge is 0.310 e. The number of aromatic nitrogens is 1. The van der Waals surface area contributed by atoms with E-state index < -0.39 is 0 Å². The molecule has 0 radical (unpaired) electrons. The highest BCUT2D eigenvalue weighted by atomic mass is 15.0. The van der Waals surface area contributed by atoms with Gasteiger partial charge in [0.25, 0.3) is 0 Å². The number of nitrogens with zero attached hydrogens (tertiary/aromatic N) is 1. The molecule has 6 aromatic carbocycles. The van der Waals surface area contributed by atoms with E-state index in [9.17, 15) is 0 Å². The van der Waals surface area contributed by atoms with E-state index in [-0.39, 0.29) is 5.41 Å². The van der Waals surface area contributed by atoms with Gasteiger partial charge in [0.1, 0.15) is 0 Å². The molecule has 8 rings (SSSR count). The number of fused-ring (bicyclic) bond motifs is 5. The molecule has 1 aliphatic carbocycles. The predicted molar refractivity (Wildman–Crippen MR) is 191 cm³/mol. The Morgan fingerprint density at radius 2 is 1.09 bits per heavy atom. The van der Waals surface area contributed by atoms with Crippen molar-refractivity contribution in [1.82, 2.24) is 4.57 Å². The lowest BCUT2D eigenvalue weighted by atomic mass is 9.85. The fourth-order valence-corrected chi connectivity index (χ4v) is 7.20. The predicted octanol–water partition coefficient (Wildman–Crippen LogP) is 12.3. The summed E-state index contributed by atoms with van der Waals surface area (Å²) >= 11 is 0. The first kappa shape index (κ1) is 26.7. The summed E-state index contributed by atoms with van der Waals surface area (Å²) in [5, 5.41) is 7.79. The Hall–Kier alpha value is -4.88. The monoisotopic (exact) mass is 567 g/mol. The lowest BCUT2D eigenvalue weighted by Crippen LogP contribution is -2.10. The molecule has 0 saturated heterocycles. The zero-order chi connectivity index (χ0) is 29.8. The molecule has 1 aliphatic rings. The maximum atomic E-state index is 2.48. The van der Waals surface area contributed by atoms with Crippen LogP contribution in [0.4, 0.5) is 0 Å². The molecular formula is C43H37N. The van der Waals surface area contributed by atoms with Gasteiger partial charge in [0, 0.05) is 16.5 Å². The fourth-order valence-electron chi connectivity index (χ4n) is 7.20. The van der Waals surface area contributed by atoms with Gasteiger partial charge in [-0.1, -0.05) is 124 Å². The molecule has 1 aromatic heterocycles. The number of rotatable bonds is 3. The molecule has 0 bridgehead atoms. The van der Waals surface area contributed by atoms with Crippen LogP contribution in [-0.4, -0.2) is 4.57 Å². The Morgan fingerprint density at radius 1 is 0.523 bits per heavy atom. The summed E-state index contributed by atoms with van der Waals surface area (Å²) in [4.78, 5) is 0. The molecular weight excluding hydrogens is 530 g/mol. The highest BCUT2D eigenvalue weighted by molar-refractivity contribution is 6.22. The van der Waals surface area contributed by atoms with Gasteiger partial charge >= 0.3 is 0 Å². The SMILES string of the molecule is CC(C)(C)c1ccc2c(c1)c1cc(-c3c4ccccc4c(-c4ccccc4)c4ccccc34)ccc1n2C1=CCCCC=C1. The molecule has 0 fully saturated rings. The van der Waals surface area contributed by atoms with Gasteiger partial charge in [-0.05, 0) is 104 Å². The summed E-state index contributed by atoms with van der Waals surface area (Å²) in [7, 11) is 0. The lowest BCUT2D eigenvalue weighted by Gasteiger charge is -2.19. The molecule has 44 heavy (non-hydrogen) atoms. The molecule has 1 heterocycles. The van der Waals surface area contributed by atoms with E-state index in [1.807, 2.05) is 0 Å². The summed E-state index contributed by atoms with van der Waals surface area (Å²) in [5.74, 6) is 0. The van der Waals surface area contributed by atoms with Crippen molar-refractivity contribution in [3.05, 3.63) is 139 Å². The second kappa shape index (κ2) is 10.4. The normalized spacial score (nSPS) is 14.0. The van der Waals surface area contributed by atoms with Gasteiger partial charge < -0.3 is 4.57 Å². The van der Waals surface area contributed by atoms with Crippen molar-refractivity contribution in [2.75, 3.05) is 0 Å². The van der Waals surface area contributed by atoms with Crippen molar-refractivity contribution in [2.45, 2.75) is 45.4 Å². The van der Waals surface area contributed by atoms with Gasteiger partial charge in [0.2, 0.25) is 0 Å². The highest BCUT2D eigenvalue weighted by Crippen LogP contribution is 2.45.